The zero-order valence-corrected chi connectivity index (χ0v) is 12.8. The minimum atomic E-state index is -0.715. The molecule has 0 bridgehead atoms. The summed E-state index contributed by atoms with van der Waals surface area (Å²) in [5, 5.41) is 12.9. The predicted molar refractivity (Wildman–Crippen MR) is 76.4 cm³/mol. The Morgan fingerprint density at radius 1 is 1.20 bits per heavy atom. The number of likely N-dealkylation sites (tertiary alicyclic amines) is 1. The highest BCUT2D eigenvalue weighted by molar-refractivity contribution is 5.83. The van der Waals surface area contributed by atoms with Gasteiger partial charge in [-0.3, -0.25) is 4.79 Å². The highest BCUT2D eigenvalue weighted by Crippen LogP contribution is 2.22. The maximum Gasteiger partial charge on any atom is 0.317 e. The number of urea groups is 1. The molecule has 1 aliphatic heterocycles. The first kappa shape index (κ1) is 16.7. The van der Waals surface area contributed by atoms with Gasteiger partial charge in [-0.1, -0.05) is 0 Å². The molecule has 1 fully saturated rings. The van der Waals surface area contributed by atoms with Gasteiger partial charge in [0.15, 0.2) is 0 Å². The van der Waals surface area contributed by atoms with Crippen molar-refractivity contribution in [2.45, 2.75) is 18.4 Å². The summed E-state index contributed by atoms with van der Waals surface area (Å²) in [7, 11) is 7.10. The molecular weight excluding hydrogens is 260 g/mol. The standard InChI is InChI=1S/C13H26N4O3/c1-15(2)10-13(20)5-7-17(8-6-13)11(18)9-14-12(19)16(3)4/h20H,5-10H2,1-4H3,(H,14,19). The molecule has 0 aromatic carbocycles. The molecule has 1 saturated heterocycles. The Morgan fingerprint density at radius 3 is 2.20 bits per heavy atom. The Kier molecular flexibility index (Phi) is 5.76. The van der Waals surface area contributed by atoms with Crippen molar-refractivity contribution >= 4 is 11.9 Å². The highest BCUT2D eigenvalue weighted by atomic mass is 16.3. The van der Waals surface area contributed by atoms with E-state index < -0.39 is 5.60 Å². The molecular formula is C13H26N4O3. The molecule has 20 heavy (non-hydrogen) atoms. The van der Waals surface area contributed by atoms with Gasteiger partial charge in [0, 0.05) is 33.7 Å². The van der Waals surface area contributed by atoms with Gasteiger partial charge in [-0.05, 0) is 26.9 Å². The summed E-state index contributed by atoms with van der Waals surface area (Å²) in [6, 6.07) is -0.278. The molecule has 7 heteroatoms. The number of hydrogen-bond acceptors (Lipinski definition) is 4. The number of hydrogen-bond donors (Lipinski definition) is 2. The lowest BCUT2D eigenvalue weighted by atomic mass is 9.91. The van der Waals surface area contributed by atoms with E-state index in [1.807, 2.05) is 19.0 Å². The van der Waals surface area contributed by atoms with E-state index in [0.717, 1.165) is 0 Å². The van der Waals surface area contributed by atoms with Crippen molar-refractivity contribution in [3.63, 3.8) is 0 Å². The van der Waals surface area contributed by atoms with Crippen molar-refractivity contribution in [2.75, 3.05) is 54.4 Å². The van der Waals surface area contributed by atoms with Crippen LogP contribution >= 0.6 is 0 Å². The number of carbonyl (C=O) groups excluding carboxylic acids is 2. The molecule has 2 N–H and O–H groups in total. The Morgan fingerprint density at radius 2 is 1.75 bits per heavy atom. The van der Waals surface area contributed by atoms with Crippen LogP contribution in [-0.4, -0.2) is 91.7 Å². The van der Waals surface area contributed by atoms with Crippen LogP contribution in [0.5, 0.6) is 0 Å². The van der Waals surface area contributed by atoms with Crippen molar-refractivity contribution in [2.24, 2.45) is 0 Å². The molecule has 0 saturated carbocycles. The molecule has 0 atom stereocenters. The fourth-order valence-electron chi connectivity index (χ4n) is 2.34. The molecule has 0 aromatic heterocycles. The van der Waals surface area contributed by atoms with Crippen LogP contribution in [0.25, 0.3) is 0 Å². The van der Waals surface area contributed by atoms with Crippen molar-refractivity contribution < 1.29 is 14.7 Å². The van der Waals surface area contributed by atoms with Gasteiger partial charge in [0.25, 0.3) is 0 Å². The number of nitrogens with zero attached hydrogens (tertiary/aromatic N) is 3. The van der Waals surface area contributed by atoms with Crippen LogP contribution in [-0.2, 0) is 4.79 Å². The van der Waals surface area contributed by atoms with Crippen LogP contribution in [0.15, 0.2) is 0 Å². The molecule has 0 unspecified atom stereocenters. The third-order valence-corrected chi connectivity index (χ3v) is 3.45. The van der Waals surface area contributed by atoms with Crippen molar-refractivity contribution in [1.82, 2.24) is 20.0 Å². The minimum Gasteiger partial charge on any atom is -0.388 e. The largest absolute Gasteiger partial charge is 0.388 e. The smallest absolute Gasteiger partial charge is 0.317 e. The molecule has 1 rings (SSSR count). The number of carbonyl (C=O) groups is 2. The predicted octanol–water partition coefficient (Wildman–Crippen LogP) is -0.827. The van der Waals surface area contributed by atoms with Crippen LogP contribution in [0.2, 0.25) is 0 Å². The Balaban J connectivity index is 2.37. The first-order chi connectivity index (χ1) is 9.23. The van der Waals surface area contributed by atoms with E-state index in [1.54, 1.807) is 19.0 Å². The van der Waals surface area contributed by atoms with E-state index in [0.29, 0.717) is 32.5 Å². The molecule has 1 aliphatic rings. The Labute approximate surface area is 120 Å². The first-order valence-electron chi connectivity index (χ1n) is 6.83. The summed E-state index contributed by atoms with van der Waals surface area (Å²) in [6.45, 7) is 1.66. The van der Waals surface area contributed by atoms with Crippen molar-refractivity contribution in [3.8, 4) is 0 Å². The van der Waals surface area contributed by atoms with Crippen molar-refractivity contribution in [1.29, 1.82) is 0 Å². The normalized spacial score (nSPS) is 18.0. The summed E-state index contributed by atoms with van der Waals surface area (Å²) in [6.07, 6.45) is 1.14. The summed E-state index contributed by atoms with van der Waals surface area (Å²) in [5.74, 6) is -0.105. The number of amides is 3. The first-order valence-corrected chi connectivity index (χ1v) is 6.83. The Bertz CT molecular complexity index is 350. The molecule has 0 aromatic rings. The van der Waals surface area contributed by atoms with Gasteiger partial charge in [0.2, 0.25) is 5.91 Å². The lowest BCUT2D eigenvalue weighted by molar-refractivity contribution is -0.134. The number of rotatable bonds is 4. The summed E-state index contributed by atoms with van der Waals surface area (Å²) in [5.41, 5.74) is -0.715. The van der Waals surface area contributed by atoms with Crippen molar-refractivity contribution in [3.05, 3.63) is 0 Å². The van der Waals surface area contributed by atoms with Crippen LogP contribution in [0.3, 0.4) is 0 Å². The molecule has 1 heterocycles. The second-order valence-corrected chi connectivity index (χ2v) is 5.90. The fourth-order valence-corrected chi connectivity index (χ4v) is 2.34. The van der Waals surface area contributed by atoms with Gasteiger partial charge in [-0.25, -0.2) is 4.79 Å². The SMILES string of the molecule is CN(C)CC1(O)CCN(C(=O)CNC(=O)N(C)C)CC1. The second kappa shape index (κ2) is 6.90. The van der Waals surface area contributed by atoms with E-state index in [1.165, 1.54) is 4.90 Å². The summed E-state index contributed by atoms with van der Waals surface area (Å²) in [4.78, 5) is 28.3. The number of piperidine rings is 1. The van der Waals surface area contributed by atoms with E-state index in [4.69, 9.17) is 0 Å². The van der Waals surface area contributed by atoms with Gasteiger partial charge >= 0.3 is 6.03 Å². The molecule has 116 valence electrons. The van der Waals surface area contributed by atoms with Crippen LogP contribution in [0.4, 0.5) is 4.79 Å². The second-order valence-electron chi connectivity index (χ2n) is 5.90. The highest BCUT2D eigenvalue weighted by Gasteiger charge is 2.34. The third-order valence-electron chi connectivity index (χ3n) is 3.45. The molecule has 0 radical (unpaired) electrons. The zero-order chi connectivity index (χ0) is 15.3. The van der Waals surface area contributed by atoms with E-state index in [2.05, 4.69) is 5.32 Å². The molecule has 7 nitrogen and oxygen atoms in total. The van der Waals surface area contributed by atoms with Gasteiger partial charge in [0.05, 0.1) is 12.1 Å². The third kappa shape index (κ3) is 4.97. The molecule has 0 spiro atoms. The summed E-state index contributed by atoms with van der Waals surface area (Å²) >= 11 is 0. The lowest BCUT2D eigenvalue weighted by Gasteiger charge is -2.39. The fraction of sp³-hybridized carbons (Fsp3) is 0.846. The number of nitrogens with one attached hydrogen (secondary N) is 1. The van der Waals surface area contributed by atoms with Gasteiger partial charge in [-0.15, -0.1) is 0 Å². The van der Waals surface area contributed by atoms with Gasteiger partial charge < -0.3 is 25.1 Å². The maximum atomic E-state index is 12.0. The van der Waals surface area contributed by atoms with Crippen LogP contribution in [0.1, 0.15) is 12.8 Å². The summed E-state index contributed by atoms with van der Waals surface area (Å²) < 4.78 is 0. The Hall–Kier alpha value is -1.34. The maximum absolute atomic E-state index is 12.0. The topological polar surface area (TPSA) is 76.1 Å². The monoisotopic (exact) mass is 286 g/mol. The van der Waals surface area contributed by atoms with Crippen LogP contribution < -0.4 is 5.32 Å². The zero-order valence-electron chi connectivity index (χ0n) is 12.8. The lowest BCUT2D eigenvalue weighted by Crippen LogP contribution is -2.53. The molecule has 0 aliphatic carbocycles. The minimum absolute atomic E-state index is 0.00310. The molecule has 3 amide bonds. The van der Waals surface area contributed by atoms with E-state index in [-0.39, 0.29) is 18.5 Å². The van der Waals surface area contributed by atoms with E-state index >= 15 is 0 Å². The van der Waals surface area contributed by atoms with E-state index in [9.17, 15) is 14.7 Å². The average Bonchev–Trinajstić information content (AvgIpc) is 2.34. The van der Waals surface area contributed by atoms with Gasteiger partial charge in [0.1, 0.15) is 0 Å². The average molecular weight is 286 g/mol. The van der Waals surface area contributed by atoms with Crippen LogP contribution in [0, 0.1) is 0 Å². The number of likely N-dealkylation sites (N-methyl/N-ethyl adjacent to an activating group) is 1. The number of aliphatic hydroxyl groups is 1. The quantitative estimate of drug-likeness (QED) is 0.707. The van der Waals surface area contributed by atoms with Gasteiger partial charge in [-0.2, -0.15) is 0 Å².